The van der Waals surface area contributed by atoms with Gasteiger partial charge in [0.15, 0.2) is 0 Å². The largest absolute Gasteiger partial charge is 0.435 e. The fraction of sp³-hybridized carbons (Fsp3) is 0.381. The van der Waals surface area contributed by atoms with Crippen LogP contribution >= 0.6 is 0 Å². The minimum absolute atomic E-state index is 0.0250. The average molecular weight is 418 g/mol. The molecule has 3 aromatic rings. The summed E-state index contributed by atoms with van der Waals surface area (Å²) in [6.07, 6.45) is 1.43. The van der Waals surface area contributed by atoms with E-state index in [1.54, 1.807) is 36.7 Å². The summed E-state index contributed by atoms with van der Waals surface area (Å²) in [5, 5.41) is 16.7. The van der Waals surface area contributed by atoms with Crippen LogP contribution in [-0.2, 0) is 0 Å². The molecule has 0 spiro atoms. The lowest BCUT2D eigenvalue weighted by Crippen LogP contribution is -2.46. The van der Waals surface area contributed by atoms with Gasteiger partial charge < -0.3 is 15.2 Å². The summed E-state index contributed by atoms with van der Waals surface area (Å²) in [6, 6.07) is 7.90. The zero-order valence-corrected chi connectivity index (χ0v) is 17.2. The van der Waals surface area contributed by atoms with E-state index < -0.39 is 12.2 Å². The number of fused-ring (bicyclic) bond motifs is 1. The Morgan fingerprint density at radius 3 is 2.67 bits per heavy atom. The van der Waals surface area contributed by atoms with Crippen LogP contribution in [0.25, 0.3) is 22.3 Å². The number of aliphatic hydroxyl groups is 1. The van der Waals surface area contributed by atoms with Gasteiger partial charge in [0, 0.05) is 17.8 Å². The van der Waals surface area contributed by atoms with Crippen LogP contribution in [0, 0.1) is 0 Å². The molecule has 2 heterocycles. The van der Waals surface area contributed by atoms with Crippen LogP contribution in [0.5, 0.6) is 5.75 Å². The van der Waals surface area contributed by atoms with Crippen molar-refractivity contribution in [3.8, 4) is 17.0 Å². The predicted octanol–water partition coefficient (Wildman–Crippen LogP) is 3.78. The monoisotopic (exact) mass is 418 g/mol. The number of pyridine rings is 1. The number of carbonyl (C=O) groups is 1. The normalized spacial score (nSPS) is 12.0. The van der Waals surface area contributed by atoms with Crippen LogP contribution in [-0.4, -0.2) is 44.5 Å². The van der Waals surface area contributed by atoms with E-state index in [0.29, 0.717) is 27.9 Å². The second-order valence-corrected chi connectivity index (χ2v) is 7.88. The molecular formula is C21H24F2N4O3. The molecule has 7 nitrogen and oxygen atoms in total. The lowest BCUT2D eigenvalue weighted by Gasteiger charge is -2.23. The van der Waals surface area contributed by atoms with E-state index in [2.05, 4.69) is 20.1 Å². The first kappa shape index (κ1) is 21.6. The molecule has 9 heteroatoms. The number of benzene rings is 1. The molecule has 160 valence electrons. The van der Waals surface area contributed by atoms with Crippen molar-refractivity contribution in [1.82, 2.24) is 20.1 Å². The van der Waals surface area contributed by atoms with Crippen LogP contribution in [0.4, 0.5) is 8.78 Å². The Labute approximate surface area is 172 Å². The molecule has 30 heavy (non-hydrogen) atoms. The number of nitrogens with one attached hydrogen (secondary N) is 1. The molecule has 0 aliphatic heterocycles. The zero-order valence-electron chi connectivity index (χ0n) is 17.2. The molecule has 1 aromatic carbocycles. The van der Waals surface area contributed by atoms with Crippen molar-refractivity contribution >= 4 is 16.9 Å². The van der Waals surface area contributed by atoms with Gasteiger partial charge in [-0.3, -0.25) is 14.5 Å². The van der Waals surface area contributed by atoms with Crippen molar-refractivity contribution in [3.05, 3.63) is 42.1 Å². The number of aliphatic hydroxyl groups excluding tert-OH is 1. The number of amides is 1. The lowest BCUT2D eigenvalue weighted by molar-refractivity contribution is -0.0498. The number of nitrogens with zero attached hydrogens (tertiary/aromatic N) is 3. The fourth-order valence-electron chi connectivity index (χ4n) is 2.97. The average Bonchev–Trinajstić information content (AvgIpc) is 3.06. The van der Waals surface area contributed by atoms with Gasteiger partial charge in [0.05, 0.1) is 23.2 Å². The van der Waals surface area contributed by atoms with Gasteiger partial charge in [0.1, 0.15) is 17.0 Å². The summed E-state index contributed by atoms with van der Waals surface area (Å²) in [7, 11) is 0. The Bertz CT molecular complexity index is 1060. The van der Waals surface area contributed by atoms with E-state index in [1.807, 2.05) is 13.8 Å². The van der Waals surface area contributed by atoms with Crippen LogP contribution in [0.3, 0.4) is 0 Å². The first-order valence-corrected chi connectivity index (χ1v) is 9.48. The summed E-state index contributed by atoms with van der Waals surface area (Å²) in [5.74, 6) is -0.342. The minimum Gasteiger partial charge on any atom is -0.435 e. The van der Waals surface area contributed by atoms with Gasteiger partial charge in [-0.05, 0) is 45.9 Å². The van der Waals surface area contributed by atoms with E-state index in [9.17, 15) is 18.7 Å². The Morgan fingerprint density at radius 1 is 1.30 bits per heavy atom. The lowest BCUT2D eigenvalue weighted by atomic mass is 10.1. The maximum Gasteiger partial charge on any atom is 0.387 e. The molecule has 0 unspecified atom stereocenters. The van der Waals surface area contributed by atoms with Crippen molar-refractivity contribution in [2.75, 3.05) is 6.61 Å². The van der Waals surface area contributed by atoms with Gasteiger partial charge in [-0.1, -0.05) is 12.1 Å². The molecule has 0 fully saturated rings. The van der Waals surface area contributed by atoms with Crippen LogP contribution in [0.2, 0.25) is 0 Å². The second-order valence-electron chi connectivity index (χ2n) is 7.88. The third kappa shape index (κ3) is 4.56. The van der Waals surface area contributed by atoms with E-state index in [4.69, 9.17) is 0 Å². The zero-order chi connectivity index (χ0) is 22.1. The summed E-state index contributed by atoms with van der Waals surface area (Å²) in [5.41, 5.74) is 1.79. The summed E-state index contributed by atoms with van der Waals surface area (Å²) in [6.45, 7) is 4.17. The Hall–Kier alpha value is -3.07. The van der Waals surface area contributed by atoms with Crippen LogP contribution < -0.4 is 10.1 Å². The molecule has 3 rings (SSSR count). The summed E-state index contributed by atoms with van der Waals surface area (Å²) < 4.78 is 31.4. The first-order chi connectivity index (χ1) is 14.1. The van der Waals surface area contributed by atoms with Gasteiger partial charge >= 0.3 is 6.61 Å². The SMILES string of the molecule is CC(C)n1nc(-c2cccc(OC(F)F)c2)c2ncc(C(=O)NC(C)(C)CO)cc21. The number of rotatable bonds is 7. The summed E-state index contributed by atoms with van der Waals surface area (Å²) >= 11 is 0. The van der Waals surface area contributed by atoms with Gasteiger partial charge in [-0.25, -0.2) is 0 Å². The van der Waals surface area contributed by atoms with Gasteiger partial charge in [-0.15, -0.1) is 0 Å². The summed E-state index contributed by atoms with van der Waals surface area (Å²) in [4.78, 5) is 17.0. The highest BCUT2D eigenvalue weighted by Gasteiger charge is 2.22. The second kappa shape index (κ2) is 8.35. The predicted molar refractivity (Wildman–Crippen MR) is 109 cm³/mol. The Balaban J connectivity index is 2.07. The number of hydrogen-bond acceptors (Lipinski definition) is 5. The van der Waals surface area contributed by atoms with Crippen molar-refractivity contribution < 1.29 is 23.4 Å². The number of carbonyl (C=O) groups excluding carboxylic acids is 1. The molecule has 0 atom stereocenters. The molecule has 0 saturated carbocycles. The molecule has 2 aromatic heterocycles. The van der Waals surface area contributed by atoms with Gasteiger partial charge in [-0.2, -0.15) is 13.9 Å². The van der Waals surface area contributed by atoms with E-state index >= 15 is 0 Å². The number of halogens is 2. The topological polar surface area (TPSA) is 89.3 Å². The molecule has 0 aliphatic rings. The highest BCUT2D eigenvalue weighted by molar-refractivity contribution is 5.99. The molecular weight excluding hydrogens is 394 g/mol. The maximum absolute atomic E-state index is 12.6. The fourth-order valence-corrected chi connectivity index (χ4v) is 2.97. The van der Waals surface area contributed by atoms with Crippen LogP contribution in [0.1, 0.15) is 44.1 Å². The number of hydrogen-bond donors (Lipinski definition) is 2. The van der Waals surface area contributed by atoms with Crippen molar-refractivity contribution in [2.24, 2.45) is 0 Å². The minimum atomic E-state index is -2.92. The highest BCUT2D eigenvalue weighted by Crippen LogP contribution is 2.31. The smallest absolute Gasteiger partial charge is 0.387 e. The molecule has 0 saturated heterocycles. The number of alkyl halides is 2. The third-order valence-electron chi connectivity index (χ3n) is 4.48. The third-order valence-corrected chi connectivity index (χ3v) is 4.48. The molecule has 2 N–H and O–H groups in total. The van der Waals surface area contributed by atoms with Crippen molar-refractivity contribution in [3.63, 3.8) is 0 Å². The van der Waals surface area contributed by atoms with Gasteiger partial charge in [0.2, 0.25) is 0 Å². The molecule has 0 bridgehead atoms. The highest BCUT2D eigenvalue weighted by atomic mass is 19.3. The Morgan fingerprint density at radius 2 is 2.03 bits per heavy atom. The standard InChI is InChI=1S/C21H24F2N4O3/c1-12(2)27-16-9-14(19(29)25-21(3,4)11-28)10-24-18(16)17(26-27)13-6-5-7-15(8-13)30-20(22)23/h5-10,12,20,28H,11H2,1-4H3,(H,25,29). The van der Waals surface area contributed by atoms with E-state index in [-0.39, 0.29) is 24.3 Å². The van der Waals surface area contributed by atoms with Crippen molar-refractivity contribution in [1.29, 1.82) is 0 Å². The van der Waals surface area contributed by atoms with Gasteiger partial charge in [0.25, 0.3) is 5.91 Å². The van der Waals surface area contributed by atoms with E-state index in [0.717, 1.165) is 0 Å². The quantitative estimate of drug-likeness (QED) is 0.610. The number of aromatic nitrogens is 3. The van der Waals surface area contributed by atoms with E-state index in [1.165, 1.54) is 18.3 Å². The first-order valence-electron chi connectivity index (χ1n) is 9.48. The number of ether oxygens (including phenoxy) is 1. The molecule has 1 amide bonds. The molecule has 0 aliphatic carbocycles. The maximum atomic E-state index is 12.6. The Kier molecular flexibility index (Phi) is 6.02. The van der Waals surface area contributed by atoms with Crippen molar-refractivity contribution in [2.45, 2.75) is 45.9 Å². The van der Waals surface area contributed by atoms with Crippen LogP contribution in [0.15, 0.2) is 36.5 Å². The molecule has 0 radical (unpaired) electrons.